The molecule has 0 radical (unpaired) electrons. The number of nitrogens with one attached hydrogen (secondary N) is 2. The highest BCUT2D eigenvalue weighted by Gasteiger charge is 2.24. The van der Waals surface area contributed by atoms with Gasteiger partial charge in [-0.3, -0.25) is 4.99 Å². The lowest BCUT2D eigenvalue weighted by molar-refractivity contribution is 0.114. The molecule has 0 saturated heterocycles. The summed E-state index contributed by atoms with van der Waals surface area (Å²) in [5.41, 5.74) is 0. The largest absolute Gasteiger partial charge is 0.379 e. The van der Waals surface area contributed by atoms with Gasteiger partial charge in [0.2, 0.25) is 0 Å². The second-order valence-electron chi connectivity index (χ2n) is 5.48. The van der Waals surface area contributed by atoms with Crippen LogP contribution in [0.3, 0.4) is 0 Å². The van der Waals surface area contributed by atoms with Crippen molar-refractivity contribution in [1.29, 1.82) is 0 Å². The molecule has 0 amide bonds. The Morgan fingerprint density at radius 1 is 1.40 bits per heavy atom. The van der Waals surface area contributed by atoms with Crippen molar-refractivity contribution in [2.24, 2.45) is 10.9 Å². The van der Waals surface area contributed by atoms with Gasteiger partial charge in [0.1, 0.15) is 0 Å². The number of guanidine groups is 1. The van der Waals surface area contributed by atoms with Crippen LogP contribution in [-0.4, -0.2) is 50.3 Å². The first-order valence-electron chi connectivity index (χ1n) is 7.23. The Balaban J connectivity index is 0.00000361. The Morgan fingerprint density at radius 2 is 2.15 bits per heavy atom. The maximum Gasteiger partial charge on any atom is 0.191 e. The number of aliphatic imine (C=N–C) groups is 1. The van der Waals surface area contributed by atoms with E-state index in [1.54, 1.807) is 0 Å². The summed E-state index contributed by atoms with van der Waals surface area (Å²) in [5, 5.41) is 7.62. The van der Waals surface area contributed by atoms with Crippen LogP contribution in [0.1, 0.15) is 33.1 Å². The molecule has 1 rings (SSSR count). The minimum absolute atomic E-state index is 0. The van der Waals surface area contributed by atoms with E-state index in [4.69, 9.17) is 4.74 Å². The zero-order valence-electron chi connectivity index (χ0n) is 13.1. The number of nitrogens with zero attached hydrogens (tertiary/aromatic N) is 1. The van der Waals surface area contributed by atoms with Crippen molar-refractivity contribution in [3.05, 3.63) is 0 Å². The van der Waals surface area contributed by atoms with Crippen LogP contribution in [0.4, 0.5) is 0 Å². The average Bonchev–Trinajstić information content (AvgIpc) is 2.84. The van der Waals surface area contributed by atoms with E-state index < -0.39 is 0 Å². The number of rotatable bonds is 7. The van der Waals surface area contributed by atoms with Crippen molar-refractivity contribution in [2.75, 3.05) is 33.1 Å². The molecule has 0 aromatic rings. The van der Waals surface area contributed by atoms with Crippen molar-refractivity contribution in [3.63, 3.8) is 0 Å². The summed E-state index contributed by atoms with van der Waals surface area (Å²) in [6.45, 7) is 6.69. The van der Waals surface area contributed by atoms with E-state index in [2.05, 4.69) is 35.7 Å². The third-order valence-electron chi connectivity index (χ3n) is 3.27. The molecule has 1 aliphatic rings. The molecule has 2 atom stereocenters. The smallest absolute Gasteiger partial charge is 0.191 e. The van der Waals surface area contributed by atoms with E-state index >= 15 is 0 Å². The highest BCUT2D eigenvalue weighted by molar-refractivity contribution is 14.0. The van der Waals surface area contributed by atoms with Gasteiger partial charge in [-0.2, -0.15) is 11.8 Å². The summed E-state index contributed by atoms with van der Waals surface area (Å²) in [6.07, 6.45) is 6.00. The van der Waals surface area contributed by atoms with Gasteiger partial charge in [-0.1, -0.05) is 13.8 Å². The molecule has 0 heterocycles. The summed E-state index contributed by atoms with van der Waals surface area (Å²) < 4.78 is 5.55. The van der Waals surface area contributed by atoms with Gasteiger partial charge in [0.15, 0.2) is 5.96 Å². The van der Waals surface area contributed by atoms with Crippen molar-refractivity contribution >= 4 is 41.7 Å². The predicted octanol–water partition coefficient (Wildman–Crippen LogP) is 2.73. The van der Waals surface area contributed by atoms with E-state index in [0.717, 1.165) is 31.0 Å². The van der Waals surface area contributed by atoms with Crippen LogP contribution in [0, 0.1) is 5.92 Å². The number of halogens is 1. The van der Waals surface area contributed by atoms with Gasteiger partial charge >= 0.3 is 0 Å². The first-order valence-corrected chi connectivity index (χ1v) is 8.52. The minimum Gasteiger partial charge on any atom is -0.379 e. The normalized spacial score (nSPS) is 22.8. The summed E-state index contributed by atoms with van der Waals surface area (Å²) in [5.74, 6) is 1.50. The van der Waals surface area contributed by atoms with Gasteiger partial charge < -0.3 is 15.4 Å². The van der Waals surface area contributed by atoms with Gasteiger partial charge in [0.25, 0.3) is 0 Å². The van der Waals surface area contributed by atoms with Crippen LogP contribution in [0.2, 0.25) is 0 Å². The molecule has 1 saturated carbocycles. The molecular weight excluding hydrogens is 385 g/mol. The van der Waals surface area contributed by atoms with Crippen molar-refractivity contribution < 1.29 is 4.74 Å². The highest BCUT2D eigenvalue weighted by Crippen LogP contribution is 2.27. The van der Waals surface area contributed by atoms with Crippen LogP contribution < -0.4 is 10.6 Å². The Morgan fingerprint density at radius 3 is 2.70 bits per heavy atom. The molecule has 0 spiro atoms. The third kappa shape index (κ3) is 8.56. The summed E-state index contributed by atoms with van der Waals surface area (Å²) in [7, 11) is 1.82. The van der Waals surface area contributed by atoms with Crippen molar-refractivity contribution in [2.45, 2.75) is 44.4 Å². The van der Waals surface area contributed by atoms with E-state index in [1.807, 2.05) is 18.8 Å². The number of hydrogen-bond donors (Lipinski definition) is 2. The van der Waals surface area contributed by atoms with Gasteiger partial charge in [0.05, 0.1) is 6.61 Å². The van der Waals surface area contributed by atoms with E-state index in [-0.39, 0.29) is 24.0 Å². The fourth-order valence-corrected chi connectivity index (χ4v) is 3.03. The summed E-state index contributed by atoms with van der Waals surface area (Å²) in [4.78, 5) is 4.27. The molecule has 1 fully saturated rings. The Hall–Kier alpha value is 0.310. The zero-order chi connectivity index (χ0) is 14.1. The fourth-order valence-electron chi connectivity index (χ4n) is 2.23. The fraction of sp³-hybridized carbons (Fsp3) is 0.929. The maximum absolute atomic E-state index is 5.55. The minimum atomic E-state index is 0. The lowest BCUT2D eigenvalue weighted by Gasteiger charge is -2.17. The lowest BCUT2D eigenvalue weighted by atomic mass is 10.2. The molecule has 1 aliphatic carbocycles. The SMILES string of the molecule is CN=C(NCCOCC(C)C)NC1CCC(SC)C1.I. The van der Waals surface area contributed by atoms with E-state index in [9.17, 15) is 0 Å². The van der Waals surface area contributed by atoms with Gasteiger partial charge in [-0.15, -0.1) is 24.0 Å². The second-order valence-corrected chi connectivity index (χ2v) is 6.62. The molecule has 0 bridgehead atoms. The molecule has 2 unspecified atom stereocenters. The van der Waals surface area contributed by atoms with Gasteiger partial charge in [-0.25, -0.2) is 0 Å². The van der Waals surface area contributed by atoms with Crippen molar-refractivity contribution in [1.82, 2.24) is 10.6 Å². The van der Waals surface area contributed by atoms with E-state index in [1.165, 1.54) is 19.3 Å². The topological polar surface area (TPSA) is 45.7 Å². The Bertz CT molecular complexity index is 277. The average molecular weight is 415 g/mol. The molecule has 0 aromatic carbocycles. The molecule has 0 aliphatic heterocycles. The van der Waals surface area contributed by atoms with Crippen LogP contribution in [-0.2, 0) is 4.74 Å². The Kier molecular flexibility index (Phi) is 12.1. The van der Waals surface area contributed by atoms with Crippen LogP contribution in [0.15, 0.2) is 4.99 Å². The molecule has 20 heavy (non-hydrogen) atoms. The molecule has 120 valence electrons. The molecule has 6 heteroatoms. The molecule has 4 nitrogen and oxygen atoms in total. The van der Waals surface area contributed by atoms with E-state index in [0.29, 0.717) is 12.0 Å². The number of thioether (sulfide) groups is 1. The van der Waals surface area contributed by atoms with Crippen molar-refractivity contribution in [3.8, 4) is 0 Å². The first kappa shape index (κ1) is 20.3. The second kappa shape index (κ2) is 11.9. The van der Waals surface area contributed by atoms with Crippen LogP contribution in [0.5, 0.6) is 0 Å². The van der Waals surface area contributed by atoms with Crippen LogP contribution in [0.25, 0.3) is 0 Å². The molecular formula is C14H30IN3OS. The maximum atomic E-state index is 5.55. The third-order valence-corrected chi connectivity index (χ3v) is 4.37. The summed E-state index contributed by atoms with van der Waals surface area (Å²) >= 11 is 1.98. The predicted molar refractivity (Wildman–Crippen MR) is 101 cm³/mol. The lowest BCUT2D eigenvalue weighted by Crippen LogP contribution is -2.43. The highest BCUT2D eigenvalue weighted by atomic mass is 127. The van der Waals surface area contributed by atoms with Gasteiger partial charge in [-0.05, 0) is 31.4 Å². The first-order chi connectivity index (χ1) is 9.15. The quantitative estimate of drug-likeness (QED) is 0.291. The summed E-state index contributed by atoms with van der Waals surface area (Å²) in [6, 6.07) is 0.570. The Labute approximate surface area is 145 Å². The number of hydrogen-bond acceptors (Lipinski definition) is 3. The standard InChI is InChI=1S/C14H29N3OS.HI/c1-11(2)10-18-8-7-16-14(15-3)17-12-5-6-13(9-12)19-4;/h11-13H,5-10H2,1-4H3,(H2,15,16,17);1H. The van der Waals surface area contributed by atoms with Gasteiger partial charge in [0, 0.05) is 31.5 Å². The number of ether oxygens (including phenoxy) is 1. The monoisotopic (exact) mass is 415 g/mol. The molecule has 2 N–H and O–H groups in total. The zero-order valence-corrected chi connectivity index (χ0v) is 16.3. The molecule has 0 aromatic heterocycles. The van der Waals surface area contributed by atoms with Crippen LogP contribution >= 0.6 is 35.7 Å².